The Kier molecular flexibility index (Phi) is 7.02. The summed E-state index contributed by atoms with van der Waals surface area (Å²) in [5, 5.41) is 11.7. The van der Waals surface area contributed by atoms with E-state index in [1.165, 1.54) is 24.3 Å². The number of rotatable bonds is 7. The number of carbonyl (C=O) groups is 2. The molecule has 1 amide bonds. The maximum atomic E-state index is 12.1. The number of carbonyl (C=O) groups excluding carboxylic acids is 2. The number of aromatic hydroxyl groups is 1. The first-order chi connectivity index (χ1) is 11.1. The molecule has 1 aromatic carbocycles. The van der Waals surface area contributed by atoms with Gasteiger partial charge in [0.2, 0.25) is 5.91 Å². The van der Waals surface area contributed by atoms with E-state index in [0.29, 0.717) is 0 Å². The predicted octanol–water partition coefficient (Wildman–Crippen LogP) is 2.08. The van der Waals surface area contributed by atoms with E-state index in [4.69, 9.17) is 4.74 Å². The van der Waals surface area contributed by atoms with Gasteiger partial charge < -0.3 is 19.9 Å². The van der Waals surface area contributed by atoms with Gasteiger partial charge in [0.15, 0.2) is 6.04 Å². The van der Waals surface area contributed by atoms with Gasteiger partial charge in [-0.15, -0.1) is 0 Å². The molecular weight excluding hydrogens is 331 g/mol. The Morgan fingerprint density at radius 3 is 2.54 bits per heavy atom. The van der Waals surface area contributed by atoms with E-state index in [-0.39, 0.29) is 17.9 Å². The second kappa shape index (κ2) is 8.53. The van der Waals surface area contributed by atoms with Gasteiger partial charge in [0, 0.05) is 0 Å². The molecule has 0 aliphatic rings. The Hall–Kier alpha value is -2.29. The largest absolute Gasteiger partial charge is 0.508 e. The zero-order chi connectivity index (χ0) is 18.3. The van der Waals surface area contributed by atoms with Crippen molar-refractivity contribution in [1.82, 2.24) is 5.32 Å². The summed E-state index contributed by atoms with van der Waals surface area (Å²) in [5.74, 6) is -1.86. The molecule has 0 bridgehead atoms. The Balaban J connectivity index is 2.85. The first-order valence-corrected chi connectivity index (χ1v) is 7.08. The first kappa shape index (κ1) is 19.8. The molecule has 0 saturated carbocycles. The van der Waals surface area contributed by atoms with Gasteiger partial charge in [-0.3, -0.25) is 4.79 Å². The minimum Gasteiger partial charge on any atom is -0.508 e. The summed E-state index contributed by atoms with van der Waals surface area (Å²) in [4.78, 5) is 24.0. The summed E-state index contributed by atoms with van der Waals surface area (Å²) in [6.45, 7) is 1.15. The van der Waals surface area contributed by atoms with Crippen molar-refractivity contribution in [1.29, 1.82) is 0 Å². The minimum atomic E-state index is -4.57. The molecule has 0 fully saturated rings. The number of alkyl halides is 3. The lowest BCUT2D eigenvalue weighted by atomic mass is 10.1. The van der Waals surface area contributed by atoms with Gasteiger partial charge in [-0.1, -0.05) is 12.1 Å². The highest BCUT2D eigenvalue weighted by Gasteiger charge is 2.31. The van der Waals surface area contributed by atoms with E-state index < -0.39 is 36.8 Å². The van der Waals surface area contributed by atoms with Crippen LogP contribution in [-0.4, -0.2) is 42.5 Å². The first-order valence-electron chi connectivity index (χ1n) is 7.08. The van der Waals surface area contributed by atoms with Crippen LogP contribution in [0.15, 0.2) is 24.3 Å². The van der Waals surface area contributed by atoms with Crippen LogP contribution in [0.2, 0.25) is 0 Å². The molecular formula is C15H18F3NO5. The van der Waals surface area contributed by atoms with Crippen molar-refractivity contribution < 1.29 is 37.3 Å². The van der Waals surface area contributed by atoms with Crippen LogP contribution in [0.5, 0.6) is 5.75 Å². The molecule has 134 valence electrons. The number of hydrogen-bond donors (Lipinski definition) is 2. The number of nitrogens with one attached hydrogen (secondary N) is 1. The third-order valence-corrected chi connectivity index (χ3v) is 2.88. The van der Waals surface area contributed by atoms with Gasteiger partial charge in [0.05, 0.1) is 6.61 Å². The summed E-state index contributed by atoms with van der Waals surface area (Å²) >= 11 is 0. The third-order valence-electron chi connectivity index (χ3n) is 2.88. The number of hydrogen-bond acceptors (Lipinski definition) is 5. The molecule has 24 heavy (non-hydrogen) atoms. The van der Waals surface area contributed by atoms with Crippen LogP contribution in [0.1, 0.15) is 25.5 Å². The number of halogens is 3. The summed E-state index contributed by atoms with van der Waals surface area (Å²) < 4.78 is 45.6. The lowest BCUT2D eigenvalue weighted by molar-refractivity contribution is -0.186. The van der Waals surface area contributed by atoms with E-state index in [1.807, 2.05) is 0 Å². The van der Waals surface area contributed by atoms with Gasteiger partial charge in [-0.05, 0) is 31.5 Å². The normalized spacial score (nSPS) is 13.9. The van der Waals surface area contributed by atoms with Crippen LogP contribution in [0.3, 0.4) is 0 Å². The van der Waals surface area contributed by atoms with Crippen LogP contribution in [0.25, 0.3) is 0 Å². The fourth-order valence-corrected chi connectivity index (χ4v) is 1.76. The van der Waals surface area contributed by atoms with Crippen molar-refractivity contribution in [3.05, 3.63) is 29.8 Å². The molecule has 0 spiro atoms. The molecule has 1 rings (SSSR count). The van der Waals surface area contributed by atoms with Crippen LogP contribution in [0, 0.1) is 0 Å². The van der Waals surface area contributed by atoms with Crippen molar-refractivity contribution in [2.24, 2.45) is 0 Å². The number of phenols is 1. The number of amides is 1. The molecule has 2 N–H and O–H groups in total. The second-order valence-corrected chi connectivity index (χ2v) is 4.86. The smallest absolute Gasteiger partial charge is 0.411 e. The third kappa shape index (κ3) is 6.45. The number of esters is 1. The summed E-state index contributed by atoms with van der Waals surface area (Å²) in [6.07, 6.45) is -6.00. The van der Waals surface area contributed by atoms with Crippen molar-refractivity contribution in [3.8, 4) is 5.75 Å². The molecule has 0 heterocycles. The molecule has 0 aliphatic heterocycles. The summed E-state index contributed by atoms with van der Waals surface area (Å²) in [5.41, 5.74) is 0.227. The molecule has 0 aliphatic carbocycles. The molecule has 0 aromatic heterocycles. The Labute approximate surface area is 136 Å². The van der Waals surface area contributed by atoms with Crippen molar-refractivity contribution in [2.75, 3.05) is 13.2 Å². The molecule has 0 unspecified atom stereocenters. The fourth-order valence-electron chi connectivity index (χ4n) is 1.76. The summed E-state index contributed by atoms with van der Waals surface area (Å²) in [7, 11) is 0. The SMILES string of the molecule is CCOC(=O)[C@H](NC(=O)[C@@H](C)OCC(F)(F)F)c1cccc(O)c1. The van der Waals surface area contributed by atoms with Gasteiger partial charge in [-0.25, -0.2) is 4.79 Å². The highest BCUT2D eigenvalue weighted by atomic mass is 19.4. The molecule has 9 heteroatoms. The highest BCUT2D eigenvalue weighted by Crippen LogP contribution is 2.20. The molecule has 0 saturated heterocycles. The van der Waals surface area contributed by atoms with E-state index in [9.17, 15) is 27.9 Å². The van der Waals surface area contributed by atoms with Crippen LogP contribution in [0.4, 0.5) is 13.2 Å². The van der Waals surface area contributed by atoms with Crippen LogP contribution >= 0.6 is 0 Å². The number of phenolic OH excluding ortho intramolecular Hbond substituents is 1. The van der Waals surface area contributed by atoms with E-state index in [1.54, 1.807) is 6.92 Å². The quantitative estimate of drug-likeness (QED) is 0.736. The number of ether oxygens (including phenoxy) is 2. The van der Waals surface area contributed by atoms with E-state index in [2.05, 4.69) is 10.1 Å². The van der Waals surface area contributed by atoms with Gasteiger partial charge in [-0.2, -0.15) is 13.2 Å². The standard InChI is InChI=1S/C15H18F3NO5/c1-3-23-14(22)12(10-5-4-6-11(20)7-10)19-13(21)9(2)24-8-15(16,17)18/h4-7,9,12,20H,3,8H2,1-2H3,(H,19,21)/t9-,12-/m1/s1. The lowest BCUT2D eigenvalue weighted by Crippen LogP contribution is -2.41. The van der Waals surface area contributed by atoms with E-state index in [0.717, 1.165) is 6.92 Å². The average molecular weight is 349 g/mol. The topological polar surface area (TPSA) is 84.9 Å². The summed E-state index contributed by atoms with van der Waals surface area (Å²) in [6, 6.07) is 4.24. The monoisotopic (exact) mass is 349 g/mol. The Bertz CT molecular complexity index is 576. The van der Waals surface area contributed by atoms with Crippen LogP contribution < -0.4 is 5.32 Å². The van der Waals surface area contributed by atoms with Gasteiger partial charge in [0.1, 0.15) is 18.5 Å². The van der Waals surface area contributed by atoms with Crippen LogP contribution in [-0.2, 0) is 19.1 Å². The molecule has 2 atom stereocenters. The van der Waals surface area contributed by atoms with Gasteiger partial charge in [0.25, 0.3) is 0 Å². The zero-order valence-corrected chi connectivity index (χ0v) is 13.1. The molecule has 0 radical (unpaired) electrons. The van der Waals surface area contributed by atoms with E-state index >= 15 is 0 Å². The van der Waals surface area contributed by atoms with Gasteiger partial charge >= 0.3 is 12.1 Å². The Morgan fingerprint density at radius 2 is 2.00 bits per heavy atom. The lowest BCUT2D eigenvalue weighted by Gasteiger charge is -2.21. The Morgan fingerprint density at radius 1 is 1.33 bits per heavy atom. The average Bonchev–Trinajstić information content (AvgIpc) is 2.49. The predicted molar refractivity (Wildman–Crippen MR) is 77.1 cm³/mol. The molecule has 6 nitrogen and oxygen atoms in total. The second-order valence-electron chi connectivity index (χ2n) is 4.86. The fraction of sp³-hybridized carbons (Fsp3) is 0.467. The van der Waals surface area contributed by atoms with Crippen molar-refractivity contribution in [2.45, 2.75) is 32.2 Å². The van der Waals surface area contributed by atoms with Crippen molar-refractivity contribution in [3.63, 3.8) is 0 Å². The highest BCUT2D eigenvalue weighted by molar-refractivity contribution is 5.87. The zero-order valence-electron chi connectivity index (χ0n) is 13.1. The van der Waals surface area contributed by atoms with Crippen molar-refractivity contribution >= 4 is 11.9 Å². The maximum Gasteiger partial charge on any atom is 0.411 e. The molecule has 1 aromatic rings. The maximum absolute atomic E-state index is 12.1. The number of benzene rings is 1. The minimum absolute atomic E-state index is 0.0458.